The minimum absolute atomic E-state index is 0.115. The van der Waals surface area contributed by atoms with Gasteiger partial charge < -0.3 is 19.4 Å². The average molecular weight is 366 g/mol. The van der Waals surface area contributed by atoms with Crippen LogP contribution in [-0.2, 0) is 13.9 Å². The Kier molecular flexibility index (Phi) is 4.38. The minimum Gasteiger partial charge on any atom is -0.485 e. The van der Waals surface area contributed by atoms with Gasteiger partial charge in [0.2, 0.25) is 5.91 Å². The summed E-state index contributed by atoms with van der Waals surface area (Å²) in [5.41, 5.74) is -0.198. The molecule has 1 aromatic carbocycles. The lowest BCUT2D eigenvalue weighted by atomic mass is 9.85. The van der Waals surface area contributed by atoms with Gasteiger partial charge in [-0.1, -0.05) is 0 Å². The molecule has 0 bridgehead atoms. The molecule has 0 aliphatic carbocycles. The normalized spacial score (nSPS) is 25.2. The van der Waals surface area contributed by atoms with Gasteiger partial charge in [0.25, 0.3) is 0 Å². The molecule has 1 amide bonds. The predicted octanol–water partition coefficient (Wildman–Crippen LogP) is 1.87. The highest BCUT2D eigenvalue weighted by atomic mass is 31.2. The lowest BCUT2D eigenvalue weighted by Gasteiger charge is -2.47. The fraction of sp³-hybridized carbons (Fsp3) is 0.500. The second-order valence-corrected chi connectivity index (χ2v) is 7.91. The number of ether oxygens (including phenoxy) is 1. The number of likely N-dealkylation sites (tertiary alicyclic amines) is 1. The Hall–Kier alpha value is -1.91. The monoisotopic (exact) mass is 366 g/mol. The van der Waals surface area contributed by atoms with E-state index < -0.39 is 25.6 Å². The van der Waals surface area contributed by atoms with Crippen LogP contribution >= 0.6 is 7.82 Å². The van der Waals surface area contributed by atoms with Crippen LogP contribution in [0.15, 0.2) is 18.2 Å². The van der Waals surface area contributed by atoms with E-state index in [0.29, 0.717) is 36.3 Å². The Labute approximate surface area is 145 Å². The summed E-state index contributed by atoms with van der Waals surface area (Å²) in [5, 5.41) is 9.17. The topological polar surface area (TPSA) is 120 Å². The van der Waals surface area contributed by atoms with Crippen LogP contribution in [0.4, 0.5) is 0 Å². The third kappa shape index (κ3) is 3.42. The van der Waals surface area contributed by atoms with Gasteiger partial charge in [-0.25, -0.2) is 4.57 Å². The molecule has 1 aromatic rings. The molecule has 2 heterocycles. The molecule has 25 heavy (non-hydrogen) atoms. The van der Waals surface area contributed by atoms with Gasteiger partial charge in [-0.2, -0.15) is 5.26 Å². The summed E-state index contributed by atoms with van der Waals surface area (Å²) in [7, 11) is -4.83. The SMILES string of the molecule is CC1(C)Oc2ccc(C#N)cc2C(N2CCCC2=O)C1OP(=O)(O)O. The first-order valence-corrected chi connectivity index (χ1v) is 9.42. The molecular formula is C16H19N2O6P. The third-order valence-electron chi connectivity index (χ3n) is 4.50. The number of fused-ring (bicyclic) bond motifs is 1. The van der Waals surface area contributed by atoms with Crippen LogP contribution in [-0.4, -0.2) is 38.8 Å². The molecule has 8 nitrogen and oxygen atoms in total. The van der Waals surface area contributed by atoms with Crippen LogP contribution in [0, 0.1) is 11.3 Å². The molecular weight excluding hydrogens is 347 g/mol. The van der Waals surface area contributed by atoms with Gasteiger partial charge in [0.15, 0.2) is 0 Å². The van der Waals surface area contributed by atoms with E-state index in [0.717, 1.165) is 0 Å². The molecule has 2 aliphatic rings. The fourth-order valence-electron chi connectivity index (χ4n) is 3.45. The number of phosphoric ester groups is 1. The molecule has 0 spiro atoms. The van der Waals surface area contributed by atoms with Crippen molar-refractivity contribution in [2.75, 3.05) is 6.54 Å². The van der Waals surface area contributed by atoms with Crippen molar-refractivity contribution in [1.82, 2.24) is 4.90 Å². The molecule has 1 saturated heterocycles. The van der Waals surface area contributed by atoms with Crippen LogP contribution in [0.1, 0.15) is 43.9 Å². The zero-order chi connectivity index (χ0) is 18.4. The summed E-state index contributed by atoms with van der Waals surface area (Å²) in [6.45, 7) is 3.76. The van der Waals surface area contributed by atoms with Crippen LogP contribution in [0.3, 0.4) is 0 Å². The number of carbonyl (C=O) groups excluding carboxylic acids is 1. The van der Waals surface area contributed by atoms with Crippen molar-refractivity contribution in [3.05, 3.63) is 29.3 Å². The highest BCUT2D eigenvalue weighted by molar-refractivity contribution is 7.46. The highest BCUT2D eigenvalue weighted by Gasteiger charge is 2.51. The van der Waals surface area contributed by atoms with E-state index in [4.69, 9.17) is 9.26 Å². The number of hydrogen-bond acceptors (Lipinski definition) is 5. The maximum absolute atomic E-state index is 12.3. The average Bonchev–Trinajstić information content (AvgIpc) is 2.92. The van der Waals surface area contributed by atoms with E-state index in [-0.39, 0.29) is 5.91 Å². The van der Waals surface area contributed by atoms with Crippen LogP contribution < -0.4 is 4.74 Å². The number of nitrogens with zero attached hydrogens (tertiary/aromatic N) is 2. The maximum Gasteiger partial charge on any atom is 0.470 e. The highest BCUT2D eigenvalue weighted by Crippen LogP contribution is 2.51. The summed E-state index contributed by atoms with van der Waals surface area (Å²) >= 11 is 0. The van der Waals surface area contributed by atoms with Gasteiger partial charge in [-0.15, -0.1) is 0 Å². The van der Waals surface area contributed by atoms with Crippen molar-refractivity contribution >= 4 is 13.7 Å². The summed E-state index contributed by atoms with van der Waals surface area (Å²) < 4.78 is 22.5. The molecule has 2 N–H and O–H groups in total. The minimum atomic E-state index is -4.83. The Balaban J connectivity index is 2.16. The number of hydrogen-bond donors (Lipinski definition) is 2. The summed E-state index contributed by atoms with van der Waals surface area (Å²) in [5.74, 6) is 0.356. The Morgan fingerprint density at radius 3 is 2.72 bits per heavy atom. The molecule has 3 rings (SSSR count). The Morgan fingerprint density at radius 2 is 2.16 bits per heavy atom. The summed E-state index contributed by atoms with van der Waals surface area (Å²) in [4.78, 5) is 32.6. The van der Waals surface area contributed by atoms with Crippen molar-refractivity contribution < 1.29 is 28.4 Å². The molecule has 0 aromatic heterocycles. The van der Waals surface area contributed by atoms with Crippen LogP contribution in [0.5, 0.6) is 5.75 Å². The smallest absolute Gasteiger partial charge is 0.470 e. The largest absolute Gasteiger partial charge is 0.485 e. The molecule has 2 aliphatic heterocycles. The van der Waals surface area contributed by atoms with Crippen molar-refractivity contribution in [2.24, 2.45) is 0 Å². The first-order chi connectivity index (χ1) is 11.6. The number of rotatable bonds is 3. The molecule has 0 saturated carbocycles. The van der Waals surface area contributed by atoms with E-state index in [1.54, 1.807) is 36.9 Å². The zero-order valence-electron chi connectivity index (χ0n) is 13.9. The summed E-state index contributed by atoms with van der Waals surface area (Å²) in [6, 6.07) is 6.10. The molecule has 0 radical (unpaired) electrons. The van der Waals surface area contributed by atoms with Gasteiger partial charge in [0, 0.05) is 18.5 Å². The molecule has 2 atom stereocenters. The second-order valence-electron chi connectivity index (χ2n) is 6.72. The zero-order valence-corrected chi connectivity index (χ0v) is 14.8. The van der Waals surface area contributed by atoms with Gasteiger partial charge in [0.05, 0.1) is 17.7 Å². The second kappa shape index (κ2) is 6.11. The molecule has 9 heteroatoms. The van der Waals surface area contributed by atoms with E-state index >= 15 is 0 Å². The van der Waals surface area contributed by atoms with Crippen molar-refractivity contribution in [3.63, 3.8) is 0 Å². The Morgan fingerprint density at radius 1 is 1.44 bits per heavy atom. The van der Waals surface area contributed by atoms with Gasteiger partial charge in [0.1, 0.15) is 17.5 Å². The van der Waals surface area contributed by atoms with Crippen LogP contribution in [0.25, 0.3) is 0 Å². The number of nitriles is 1. The van der Waals surface area contributed by atoms with Crippen molar-refractivity contribution in [2.45, 2.75) is 44.4 Å². The number of carbonyl (C=O) groups is 1. The van der Waals surface area contributed by atoms with E-state index in [9.17, 15) is 24.4 Å². The third-order valence-corrected chi connectivity index (χ3v) is 5.00. The lowest BCUT2D eigenvalue weighted by molar-refractivity contribution is -0.138. The van der Waals surface area contributed by atoms with Gasteiger partial charge in [-0.3, -0.25) is 9.32 Å². The standard InChI is InChI=1S/C16H19N2O6P/c1-16(2)15(24-25(20,21)22)14(18-7-3-4-13(18)19)11-8-10(9-17)5-6-12(11)23-16/h5-6,8,14-15H,3-4,7H2,1-2H3,(H2,20,21,22). The van der Waals surface area contributed by atoms with Crippen molar-refractivity contribution in [3.8, 4) is 11.8 Å². The first-order valence-electron chi connectivity index (χ1n) is 7.89. The molecule has 1 fully saturated rings. The van der Waals surface area contributed by atoms with E-state index in [2.05, 4.69) is 0 Å². The Bertz CT molecular complexity index is 796. The maximum atomic E-state index is 12.3. The number of phosphoric acid groups is 1. The first kappa shape index (κ1) is 17.9. The van der Waals surface area contributed by atoms with Crippen molar-refractivity contribution in [1.29, 1.82) is 5.26 Å². The van der Waals surface area contributed by atoms with Gasteiger partial charge >= 0.3 is 7.82 Å². The quantitative estimate of drug-likeness (QED) is 0.784. The van der Waals surface area contributed by atoms with Gasteiger partial charge in [-0.05, 0) is 38.5 Å². The number of benzene rings is 1. The summed E-state index contributed by atoms with van der Waals surface area (Å²) in [6.07, 6.45) is -0.0583. The van der Waals surface area contributed by atoms with E-state index in [1.807, 2.05) is 6.07 Å². The van der Waals surface area contributed by atoms with Crippen LogP contribution in [0.2, 0.25) is 0 Å². The predicted molar refractivity (Wildman–Crippen MR) is 86.5 cm³/mol. The molecule has 2 unspecified atom stereocenters. The van der Waals surface area contributed by atoms with E-state index in [1.165, 1.54) is 0 Å². The lowest BCUT2D eigenvalue weighted by Crippen LogP contribution is -2.54. The molecule has 134 valence electrons. The number of amides is 1. The fourth-order valence-corrected chi connectivity index (χ4v) is 4.12.